The van der Waals surface area contributed by atoms with Crippen molar-refractivity contribution < 1.29 is 0 Å². The molecule has 0 bridgehead atoms. The summed E-state index contributed by atoms with van der Waals surface area (Å²) in [5.74, 6) is 0. The van der Waals surface area contributed by atoms with Gasteiger partial charge >= 0.3 is 0 Å². The minimum absolute atomic E-state index is 0.775. The van der Waals surface area contributed by atoms with E-state index in [0.717, 1.165) is 29.5 Å². The summed E-state index contributed by atoms with van der Waals surface area (Å²) in [6.07, 6.45) is 2.88. The number of halogens is 1. The fraction of sp³-hybridized carbons (Fsp3) is 0.125. The van der Waals surface area contributed by atoms with Crippen molar-refractivity contribution in [1.82, 2.24) is 10.3 Å². The van der Waals surface area contributed by atoms with E-state index in [2.05, 4.69) is 64.9 Å². The van der Waals surface area contributed by atoms with E-state index in [4.69, 9.17) is 11.6 Å². The lowest BCUT2D eigenvalue weighted by Crippen LogP contribution is -2.16. The van der Waals surface area contributed by atoms with Gasteiger partial charge in [-0.3, -0.25) is 0 Å². The molecule has 0 saturated heterocycles. The number of rotatable bonds is 7. The molecule has 4 heteroatoms. The van der Waals surface area contributed by atoms with Crippen molar-refractivity contribution in [3.05, 3.63) is 101 Å². The van der Waals surface area contributed by atoms with Gasteiger partial charge in [0, 0.05) is 17.8 Å². The third-order valence-electron chi connectivity index (χ3n) is 4.64. The first-order chi connectivity index (χ1) is 13.8. The van der Waals surface area contributed by atoms with Crippen molar-refractivity contribution in [2.45, 2.75) is 13.0 Å². The van der Waals surface area contributed by atoms with Crippen LogP contribution in [-0.4, -0.2) is 11.5 Å². The molecule has 0 spiro atoms. The van der Waals surface area contributed by atoms with Gasteiger partial charge < -0.3 is 5.32 Å². The summed E-state index contributed by atoms with van der Waals surface area (Å²) in [6, 6.07) is 27.1. The summed E-state index contributed by atoms with van der Waals surface area (Å²) >= 11 is 7.94. The number of nitrogens with one attached hydrogen (secondary N) is 1. The van der Waals surface area contributed by atoms with E-state index in [1.165, 1.54) is 27.1 Å². The molecule has 0 fully saturated rings. The summed E-state index contributed by atoms with van der Waals surface area (Å²) in [5.41, 5.74) is 4.85. The summed E-state index contributed by atoms with van der Waals surface area (Å²) in [6.45, 7) is 1.65. The molecule has 0 atom stereocenters. The van der Waals surface area contributed by atoms with Crippen molar-refractivity contribution in [3.63, 3.8) is 0 Å². The molecule has 28 heavy (non-hydrogen) atoms. The second-order valence-electron chi connectivity index (χ2n) is 6.58. The van der Waals surface area contributed by atoms with Crippen LogP contribution in [0.4, 0.5) is 0 Å². The smallest absolute Gasteiger partial charge is 0.107 e. The first kappa shape index (κ1) is 18.9. The van der Waals surface area contributed by atoms with Crippen LogP contribution in [0.1, 0.15) is 10.6 Å². The zero-order valence-corrected chi connectivity index (χ0v) is 17.0. The summed E-state index contributed by atoms with van der Waals surface area (Å²) in [5, 5.41) is 5.39. The Hall–Kier alpha value is -2.46. The van der Waals surface area contributed by atoms with Crippen molar-refractivity contribution >= 4 is 22.9 Å². The standard InChI is InChI=1S/C24H21ClN2S/c25-22-9-5-4-8-20(22)14-15-26-17-24-27-16-23(28-24)21-12-10-19(11-13-21)18-6-2-1-3-7-18/h1-13,16,26H,14-15,17H2. The molecule has 0 unspecified atom stereocenters. The molecule has 4 rings (SSSR count). The summed E-state index contributed by atoms with van der Waals surface area (Å²) in [7, 11) is 0. The van der Waals surface area contributed by atoms with E-state index < -0.39 is 0 Å². The maximum atomic E-state index is 6.20. The van der Waals surface area contributed by atoms with Crippen LogP contribution in [0.5, 0.6) is 0 Å². The van der Waals surface area contributed by atoms with Gasteiger partial charge in [0.05, 0.1) is 4.88 Å². The van der Waals surface area contributed by atoms with Crippen LogP contribution >= 0.6 is 22.9 Å². The molecule has 3 aromatic carbocycles. The molecule has 0 aliphatic rings. The average Bonchev–Trinajstić information content (AvgIpc) is 3.22. The molecule has 0 aliphatic carbocycles. The number of benzene rings is 3. The highest BCUT2D eigenvalue weighted by Crippen LogP contribution is 2.28. The lowest BCUT2D eigenvalue weighted by molar-refractivity contribution is 0.684. The van der Waals surface area contributed by atoms with E-state index in [1.54, 1.807) is 11.3 Å². The Morgan fingerprint density at radius 3 is 2.25 bits per heavy atom. The monoisotopic (exact) mass is 404 g/mol. The molecular formula is C24H21ClN2S. The first-order valence-corrected chi connectivity index (χ1v) is 10.5. The Kier molecular flexibility index (Phi) is 6.17. The Balaban J connectivity index is 1.33. The molecule has 1 heterocycles. The minimum atomic E-state index is 0.775. The summed E-state index contributed by atoms with van der Waals surface area (Å²) < 4.78 is 0. The van der Waals surface area contributed by atoms with Gasteiger partial charge in [-0.15, -0.1) is 11.3 Å². The second kappa shape index (κ2) is 9.16. The fourth-order valence-electron chi connectivity index (χ4n) is 3.10. The fourth-order valence-corrected chi connectivity index (χ4v) is 4.23. The number of hydrogen-bond acceptors (Lipinski definition) is 3. The second-order valence-corrected chi connectivity index (χ2v) is 8.10. The maximum absolute atomic E-state index is 6.20. The van der Waals surface area contributed by atoms with Crippen LogP contribution in [0, 0.1) is 0 Å². The molecule has 0 amide bonds. The highest BCUT2D eigenvalue weighted by molar-refractivity contribution is 7.15. The number of hydrogen-bond donors (Lipinski definition) is 1. The molecule has 1 N–H and O–H groups in total. The van der Waals surface area contributed by atoms with Crippen LogP contribution < -0.4 is 5.32 Å². The zero-order chi connectivity index (χ0) is 19.2. The highest BCUT2D eigenvalue weighted by atomic mass is 35.5. The molecule has 4 aromatic rings. The Morgan fingerprint density at radius 2 is 1.46 bits per heavy atom. The highest BCUT2D eigenvalue weighted by Gasteiger charge is 2.06. The van der Waals surface area contributed by atoms with Gasteiger partial charge in [0.25, 0.3) is 0 Å². The van der Waals surface area contributed by atoms with Crippen LogP contribution in [-0.2, 0) is 13.0 Å². The molecule has 1 aromatic heterocycles. The van der Waals surface area contributed by atoms with Crippen molar-refractivity contribution in [2.24, 2.45) is 0 Å². The third-order valence-corrected chi connectivity index (χ3v) is 6.05. The van der Waals surface area contributed by atoms with Crippen molar-refractivity contribution in [1.29, 1.82) is 0 Å². The van der Waals surface area contributed by atoms with Gasteiger partial charge in [-0.2, -0.15) is 0 Å². The van der Waals surface area contributed by atoms with Gasteiger partial charge in [-0.25, -0.2) is 4.98 Å². The topological polar surface area (TPSA) is 24.9 Å². The zero-order valence-electron chi connectivity index (χ0n) is 15.4. The lowest BCUT2D eigenvalue weighted by atomic mass is 10.0. The molecular weight excluding hydrogens is 384 g/mol. The maximum Gasteiger partial charge on any atom is 0.107 e. The Morgan fingerprint density at radius 1 is 0.786 bits per heavy atom. The largest absolute Gasteiger partial charge is 0.310 e. The summed E-state index contributed by atoms with van der Waals surface area (Å²) in [4.78, 5) is 5.76. The van der Waals surface area contributed by atoms with E-state index >= 15 is 0 Å². The third kappa shape index (κ3) is 4.68. The lowest BCUT2D eigenvalue weighted by Gasteiger charge is -2.05. The normalized spacial score (nSPS) is 10.9. The molecule has 0 radical (unpaired) electrons. The van der Waals surface area contributed by atoms with E-state index in [9.17, 15) is 0 Å². The van der Waals surface area contributed by atoms with Gasteiger partial charge in [0.1, 0.15) is 5.01 Å². The molecule has 0 aliphatic heterocycles. The minimum Gasteiger partial charge on any atom is -0.310 e. The van der Waals surface area contributed by atoms with Crippen LogP contribution in [0.3, 0.4) is 0 Å². The Labute approximate surface area is 174 Å². The van der Waals surface area contributed by atoms with Crippen LogP contribution in [0.2, 0.25) is 5.02 Å². The van der Waals surface area contributed by atoms with E-state index in [-0.39, 0.29) is 0 Å². The van der Waals surface area contributed by atoms with Gasteiger partial charge in [0.15, 0.2) is 0 Å². The average molecular weight is 405 g/mol. The number of aromatic nitrogens is 1. The quantitative estimate of drug-likeness (QED) is 0.357. The molecule has 140 valence electrons. The van der Waals surface area contributed by atoms with Crippen molar-refractivity contribution in [3.8, 4) is 21.6 Å². The van der Waals surface area contributed by atoms with Crippen LogP contribution in [0.15, 0.2) is 85.1 Å². The van der Waals surface area contributed by atoms with Crippen LogP contribution in [0.25, 0.3) is 21.6 Å². The van der Waals surface area contributed by atoms with Gasteiger partial charge in [-0.1, -0.05) is 84.4 Å². The van der Waals surface area contributed by atoms with Gasteiger partial charge in [-0.05, 0) is 41.3 Å². The Bertz CT molecular complexity index is 1030. The predicted molar refractivity (Wildman–Crippen MR) is 120 cm³/mol. The predicted octanol–water partition coefficient (Wildman–Crippen LogP) is 6.46. The van der Waals surface area contributed by atoms with E-state index in [1.807, 2.05) is 30.5 Å². The number of thiazole rings is 1. The van der Waals surface area contributed by atoms with Gasteiger partial charge in [0.2, 0.25) is 0 Å². The van der Waals surface area contributed by atoms with E-state index in [0.29, 0.717) is 0 Å². The molecule has 0 saturated carbocycles. The SMILES string of the molecule is Clc1ccccc1CCNCc1ncc(-c2ccc(-c3ccccc3)cc2)s1. The number of nitrogens with zero attached hydrogens (tertiary/aromatic N) is 1. The van der Waals surface area contributed by atoms with Crippen molar-refractivity contribution in [2.75, 3.05) is 6.54 Å². The molecule has 2 nitrogen and oxygen atoms in total. The first-order valence-electron chi connectivity index (χ1n) is 9.34.